The van der Waals surface area contributed by atoms with Gasteiger partial charge in [-0.05, 0) is 17.0 Å². The summed E-state index contributed by atoms with van der Waals surface area (Å²) in [6, 6.07) is 8.00. The molecule has 17 heavy (non-hydrogen) atoms. The lowest BCUT2D eigenvalue weighted by Crippen LogP contribution is -2.33. The number of carbonyl (C=O) groups is 1. The van der Waals surface area contributed by atoms with Crippen molar-refractivity contribution in [2.45, 2.75) is 31.2 Å². The Morgan fingerprint density at radius 2 is 2.06 bits per heavy atom. The Morgan fingerprint density at radius 1 is 1.41 bits per heavy atom. The Labute approximate surface area is 106 Å². The molecule has 1 aliphatic rings. The van der Waals surface area contributed by atoms with E-state index in [-0.39, 0.29) is 5.37 Å². The van der Waals surface area contributed by atoms with E-state index in [0.717, 1.165) is 5.56 Å². The second-order valence-electron chi connectivity index (χ2n) is 4.59. The van der Waals surface area contributed by atoms with Gasteiger partial charge in [-0.25, -0.2) is 0 Å². The zero-order valence-corrected chi connectivity index (χ0v) is 10.8. The molecular formula is C13H17NO2S. The first-order valence-corrected chi connectivity index (χ1v) is 6.83. The molecule has 1 aliphatic heterocycles. The number of carboxylic acids is 1. The monoisotopic (exact) mass is 251 g/mol. The summed E-state index contributed by atoms with van der Waals surface area (Å²) >= 11 is 1.65. The summed E-state index contributed by atoms with van der Waals surface area (Å²) in [5, 5.41) is 12.1. The molecular weight excluding hydrogens is 234 g/mol. The first-order chi connectivity index (χ1) is 8.08. The van der Waals surface area contributed by atoms with Crippen molar-refractivity contribution in [2.75, 3.05) is 5.75 Å². The molecule has 2 rings (SSSR count). The van der Waals surface area contributed by atoms with Crippen LogP contribution in [0, 0.1) is 0 Å². The number of carboxylic acid groups (broad SMARTS) is 1. The third-order valence-electron chi connectivity index (χ3n) is 2.99. The molecule has 1 saturated heterocycles. The summed E-state index contributed by atoms with van der Waals surface area (Å²) < 4.78 is 0. The average molecular weight is 251 g/mol. The molecule has 0 amide bonds. The van der Waals surface area contributed by atoms with E-state index in [9.17, 15) is 4.79 Å². The second kappa shape index (κ2) is 5.10. The standard InChI is InChI=1S/C13H17NO2S/c1-8(2)9-3-5-10(6-4-9)12-14-11(7-17-12)13(15)16/h3-6,8,11-12,14H,7H2,1-2H3,(H,15,16)/t11-,12?/m0/s1. The molecule has 1 unspecified atom stereocenters. The van der Waals surface area contributed by atoms with Crippen molar-refractivity contribution in [1.82, 2.24) is 5.32 Å². The lowest BCUT2D eigenvalue weighted by atomic mass is 10.0. The lowest BCUT2D eigenvalue weighted by molar-refractivity contribution is -0.138. The Morgan fingerprint density at radius 3 is 2.53 bits per heavy atom. The molecule has 2 N–H and O–H groups in total. The van der Waals surface area contributed by atoms with E-state index < -0.39 is 12.0 Å². The van der Waals surface area contributed by atoms with Crippen LogP contribution in [-0.4, -0.2) is 22.9 Å². The predicted octanol–water partition coefficient (Wildman–Crippen LogP) is 2.60. The van der Waals surface area contributed by atoms with Crippen LogP contribution in [-0.2, 0) is 4.79 Å². The van der Waals surface area contributed by atoms with Gasteiger partial charge in [-0.15, -0.1) is 11.8 Å². The maximum Gasteiger partial charge on any atom is 0.321 e. The second-order valence-corrected chi connectivity index (χ2v) is 5.73. The molecule has 0 bridgehead atoms. The zero-order chi connectivity index (χ0) is 12.4. The van der Waals surface area contributed by atoms with Crippen LogP contribution in [0.15, 0.2) is 24.3 Å². The van der Waals surface area contributed by atoms with Crippen LogP contribution in [0.5, 0.6) is 0 Å². The highest BCUT2D eigenvalue weighted by Gasteiger charge is 2.30. The molecule has 92 valence electrons. The van der Waals surface area contributed by atoms with Crippen LogP contribution in [0.3, 0.4) is 0 Å². The van der Waals surface area contributed by atoms with Crippen molar-refractivity contribution >= 4 is 17.7 Å². The summed E-state index contributed by atoms with van der Waals surface area (Å²) in [5.41, 5.74) is 2.47. The van der Waals surface area contributed by atoms with Gasteiger partial charge in [0.05, 0.1) is 5.37 Å². The van der Waals surface area contributed by atoms with E-state index in [4.69, 9.17) is 5.11 Å². The van der Waals surface area contributed by atoms with Crippen molar-refractivity contribution in [3.8, 4) is 0 Å². The molecule has 0 saturated carbocycles. The first kappa shape index (κ1) is 12.5. The minimum atomic E-state index is -0.765. The van der Waals surface area contributed by atoms with E-state index in [1.54, 1.807) is 11.8 Å². The minimum Gasteiger partial charge on any atom is -0.480 e. The van der Waals surface area contributed by atoms with Gasteiger partial charge in [0.25, 0.3) is 0 Å². The maximum absolute atomic E-state index is 10.8. The summed E-state index contributed by atoms with van der Waals surface area (Å²) in [6.45, 7) is 4.33. The molecule has 0 aliphatic carbocycles. The smallest absolute Gasteiger partial charge is 0.321 e. The molecule has 1 fully saturated rings. The average Bonchev–Trinajstić information content (AvgIpc) is 2.78. The number of rotatable bonds is 3. The highest BCUT2D eigenvalue weighted by atomic mass is 32.2. The summed E-state index contributed by atoms with van der Waals surface area (Å²) in [7, 11) is 0. The molecule has 1 heterocycles. The summed E-state index contributed by atoms with van der Waals surface area (Å²) in [4.78, 5) is 10.8. The number of hydrogen-bond donors (Lipinski definition) is 2. The highest BCUT2D eigenvalue weighted by Crippen LogP contribution is 2.33. The van der Waals surface area contributed by atoms with Gasteiger partial charge >= 0.3 is 5.97 Å². The molecule has 1 aromatic rings. The van der Waals surface area contributed by atoms with E-state index in [0.29, 0.717) is 11.7 Å². The summed E-state index contributed by atoms with van der Waals surface area (Å²) in [6.07, 6.45) is 0. The minimum absolute atomic E-state index is 0.109. The highest BCUT2D eigenvalue weighted by molar-refractivity contribution is 7.99. The fourth-order valence-electron chi connectivity index (χ4n) is 1.86. The van der Waals surface area contributed by atoms with Crippen LogP contribution in [0.2, 0.25) is 0 Å². The summed E-state index contributed by atoms with van der Waals surface area (Å²) in [5.74, 6) is 0.394. The van der Waals surface area contributed by atoms with E-state index in [1.165, 1.54) is 5.56 Å². The molecule has 4 heteroatoms. The molecule has 3 nitrogen and oxygen atoms in total. The topological polar surface area (TPSA) is 49.3 Å². The Balaban J connectivity index is 2.06. The number of thioether (sulfide) groups is 1. The van der Waals surface area contributed by atoms with Gasteiger partial charge in [0.1, 0.15) is 6.04 Å². The van der Waals surface area contributed by atoms with Gasteiger partial charge < -0.3 is 5.11 Å². The Kier molecular flexibility index (Phi) is 3.74. The van der Waals surface area contributed by atoms with Gasteiger partial charge in [-0.3, -0.25) is 10.1 Å². The number of aliphatic carboxylic acids is 1. The van der Waals surface area contributed by atoms with Crippen LogP contribution in [0.25, 0.3) is 0 Å². The van der Waals surface area contributed by atoms with E-state index >= 15 is 0 Å². The maximum atomic E-state index is 10.8. The molecule has 0 radical (unpaired) electrons. The van der Waals surface area contributed by atoms with E-state index in [2.05, 4.69) is 43.4 Å². The Bertz CT molecular complexity index is 402. The number of nitrogens with one attached hydrogen (secondary N) is 1. The normalized spacial score (nSPS) is 24.2. The molecule has 1 aromatic carbocycles. The van der Waals surface area contributed by atoms with Crippen molar-refractivity contribution in [3.05, 3.63) is 35.4 Å². The van der Waals surface area contributed by atoms with Crippen LogP contribution < -0.4 is 5.32 Å². The zero-order valence-electron chi connectivity index (χ0n) is 10.0. The molecule has 0 aromatic heterocycles. The van der Waals surface area contributed by atoms with Crippen LogP contribution in [0.1, 0.15) is 36.3 Å². The van der Waals surface area contributed by atoms with E-state index in [1.807, 2.05) is 0 Å². The third-order valence-corrected chi connectivity index (χ3v) is 4.25. The SMILES string of the molecule is CC(C)c1ccc(C2N[C@H](C(=O)O)CS2)cc1. The fourth-order valence-corrected chi connectivity index (χ4v) is 3.10. The van der Waals surface area contributed by atoms with Crippen LogP contribution in [0.4, 0.5) is 0 Å². The van der Waals surface area contributed by atoms with Crippen LogP contribution >= 0.6 is 11.8 Å². The van der Waals surface area contributed by atoms with Gasteiger partial charge in [0.15, 0.2) is 0 Å². The molecule has 0 spiro atoms. The predicted molar refractivity (Wildman–Crippen MR) is 70.3 cm³/mol. The van der Waals surface area contributed by atoms with Crippen molar-refractivity contribution in [3.63, 3.8) is 0 Å². The largest absolute Gasteiger partial charge is 0.480 e. The van der Waals surface area contributed by atoms with Gasteiger partial charge in [-0.1, -0.05) is 38.1 Å². The van der Waals surface area contributed by atoms with Crippen molar-refractivity contribution in [1.29, 1.82) is 0 Å². The Hall–Kier alpha value is -1.00. The lowest BCUT2D eigenvalue weighted by Gasteiger charge is -2.13. The molecule has 2 atom stereocenters. The number of hydrogen-bond acceptors (Lipinski definition) is 3. The van der Waals surface area contributed by atoms with Gasteiger partial charge in [-0.2, -0.15) is 0 Å². The van der Waals surface area contributed by atoms with Gasteiger partial charge in [0.2, 0.25) is 0 Å². The number of benzene rings is 1. The third kappa shape index (κ3) is 2.82. The van der Waals surface area contributed by atoms with Gasteiger partial charge in [0, 0.05) is 5.75 Å². The first-order valence-electron chi connectivity index (χ1n) is 5.78. The fraction of sp³-hybridized carbons (Fsp3) is 0.462. The van der Waals surface area contributed by atoms with Crippen molar-refractivity contribution < 1.29 is 9.90 Å². The van der Waals surface area contributed by atoms with Crippen molar-refractivity contribution in [2.24, 2.45) is 0 Å². The quantitative estimate of drug-likeness (QED) is 0.867.